The Kier molecular flexibility index (Phi) is 3.88. The summed E-state index contributed by atoms with van der Waals surface area (Å²) in [6, 6.07) is 15.9. The summed E-state index contributed by atoms with van der Waals surface area (Å²) in [7, 11) is 0. The fourth-order valence-electron chi connectivity index (χ4n) is 2.46. The van der Waals surface area contributed by atoms with Gasteiger partial charge in [0.25, 0.3) is 0 Å². The molecule has 0 bridgehead atoms. The molecule has 104 valence electrons. The third-order valence-electron chi connectivity index (χ3n) is 3.50. The molecule has 20 heavy (non-hydrogen) atoms. The van der Waals surface area contributed by atoms with Gasteiger partial charge in [-0.1, -0.05) is 42.5 Å². The van der Waals surface area contributed by atoms with Crippen molar-refractivity contribution in [3.8, 4) is 11.5 Å². The van der Waals surface area contributed by atoms with E-state index in [-0.39, 0.29) is 0 Å². The zero-order chi connectivity index (χ0) is 13.8. The molecular weight excluding hydrogens is 252 g/mol. The Balaban J connectivity index is 1.72. The molecule has 0 amide bonds. The van der Waals surface area contributed by atoms with Crippen molar-refractivity contribution >= 4 is 0 Å². The van der Waals surface area contributed by atoms with Crippen LogP contribution in [0.1, 0.15) is 23.7 Å². The van der Waals surface area contributed by atoms with Gasteiger partial charge in [-0.25, -0.2) is 0 Å². The number of benzene rings is 2. The molecule has 0 aliphatic carbocycles. The standard InChI is InChI=1S/C17H18O3/c18-15(10-9-13-5-2-1-3-6-13)14-7-4-8-16-17(14)20-12-11-19-16/h1-8,15,18H,9-12H2. The Labute approximate surface area is 118 Å². The first kappa shape index (κ1) is 13.0. The topological polar surface area (TPSA) is 38.7 Å². The maximum absolute atomic E-state index is 10.4. The lowest BCUT2D eigenvalue weighted by molar-refractivity contribution is 0.141. The number of aliphatic hydroxyl groups excluding tert-OH is 1. The van der Waals surface area contributed by atoms with E-state index in [4.69, 9.17) is 9.47 Å². The van der Waals surface area contributed by atoms with Crippen molar-refractivity contribution in [2.24, 2.45) is 0 Å². The second kappa shape index (κ2) is 5.97. The highest BCUT2D eigenvalue weighted by molar-refractivity contribution is 5.48. The van der Waals surface area contributed by atoms with E-state index in [1.165, 1.54) is 5.56 Å². The van der Waals surface area contributed by atoms with Crippen LogP contribution < -0.4 is 9.47 Å². The van der Waals surface area contributed by atoms with Gasteiger partial charge in [-0.3, -0.25) is 0 Å². The van der Waals surface area contributed by atoms with Crippen molar-refractivity contribution in [2.45, 2.75) is 18.9 Å². The van der Waals surface area contributed by atoms with Crippen molar-refractivity contribution in [1.82, 2.24) is 0 Å². The predicted molar refractivity (Wildman–Crippen MR) is 77.2 cm³/mol. The largest absolute Gasteiger partial charge is 0.486 e. The van der Waals surface area contributed by atoms with Crippen LogP contribution in [-0.4, -0.2) is 18.3 Å². The fourth-order valence-corrected chi connectivity index (χ4v) is 2.46. The van der Waals surface area contributed by atoms with Gasteiger partial charge in [-0.2, -0.15) is 0 Å². The number of aliphatic hydroxyl groups is 1. The number of fused-ring (bicyclic) bond motifs is 1. The number of para-hydroxylation sites is 1. The molecule has 0 fully saturated rings. The summed E-state index contributed by atoms with van der Waals surface area (Å²) in [5.74, 6) is 1.42. The van der Waals surface area contributed by atoms with Gasteiger partial charge in [0.1, 0.15) is 13.2 Å². The quantitative estimate of drug-likeness (QED) is 0.927. The first-order valence-electron chi connectivity index (χ1n) is 6.95. The lowest BCUT2D eigenvalue weighted by Crippen LogP contribution is -2.17. The third-order valence-corrected chi connectivity index (χ3v) is 3.50. The molecule has 3 rings (SSSR count). The number of aryl methyl sites for hydroxylation is 1. The average molecular weight is 270 g/mol. The second-order valence-corrected chi connectivity index (χ2v) is 4.91. The van der Waals surface area contributed by atoms with Gasteiger partial charge in [-0.15, -0.1) is 0 Å². The summed E-state index contributed by atoms with van der Waals surface area (Å²) in [6.45, 7) is 1.10. The van der Waals surface area contributed by atoms with E-state index in [2.05, 4.69) is 12.1 Å². The molecule has 3 heteroatoms. The van der Waals surface area contributed by atoms with Gasteiger partial charge < -0.3 is 14.6 Å². The van der Waals surface area contributed by atoms with Gasteiger partial charge in [0, 0.05) is 5.56 Å². The monoisotopic (exact) mass is 270 g/mol. The van der Waals surface area contributed by atoms with Crippen LogP contribution in [0.25, 0.3) is 0 Å². The smallest absolute Gasteiger partial charge is 0.167 e. The van der Waals surface area contributed by atoms with E-state index in [0.29, 0.717) is 25.4 Å². The van der Waals surface area contributed by atoms with Crippen LogP contribution in [0.3, 0.4) is 0 Å². The van der Waals surface area contributed by atoms with E-state index >= 15 is 0 Å². The van der Waals surface area contributed by atoms with Crippen molar-refractivity contribution in [3.63, 3.8) is 0 Å². The summed E-state index contributed by atoms with van der Waals surface area (Å²) in [5.41, 5.74) is 2.05. The molecule has 2 aromatic rings. The van der Waals surface area contributed by atoms with Crippen molar-refractivity contribution < 1.29 is 14.6 Å². The zero-order valence-corrected chi connectivity index (χ0v) is 11.3. The Morgan fingerprint density at radius 2 is 1.75 bits per heavy atom. The molecular formula is C17H18O3. The van der Waals surface area contributed by atoms with Gasteiger partial charge in [-0.05, 0) is 24.5 Å². The molecule has 1 unspecified atom stereocenters. The van der Waals surface area contributed by atoms with Crippen molar-refractivity contribution in [3.05, 3.63) is 59.7 Å². The first-order chi connectivity index (χ1) is 9.84. The van der Waals surface area contributed by atoms with E-state index in [0.717, 1.165) is 17.7 Å². The lowest BCUT2D eigenvalue weighted by atomic mass is 10.00. The van der Waals surface area contributed by atoms with Gasteiger partial charge in [0.2, 0.25) is 0 Å². The number of hydrogen-bond acceptors (Lipinski definition) is 3. The molecule has 0 saturated heterocycles. The molecule has 1 aliphatic heterocycles. The summed E-state index contributed by atoms with van der Waals surface area (Å²) in [4.78, 5) is 0. The molecule has 0 spiro atoms. The molecule has 2 aromatic carbocycles. The average Bonchev–Trinajstić information content (AvgIpc) is 2.53. The Morgan fingerprint density at radius 3 is 2.60 bits per heavy atom. The van der Waals surface area contributed by atoms with Crippen LogP contribution in [0.4, 0.5) is 0 Å². The summed E-state index contributed by atoms with van der Waals surface area (Å²) >= 11 is 0. The highest BCUT2D eigenvalue weighted by atomic mass is 16.6. The normalized spacial score (nSPS) is 14.8. The van der Waals surface area contributed by atoms with Crippen molar-refractivity contribution in [2.75, 3.05) is 13.2 Å². The van der Waals surface area contributed by atoms with Crippen LogP contribution in [0, 0.1) is 0 Å². The number of ether oxygens (including phenoxy) is 2. The highest BCUT2D eigenvalue weighted by Gasteiger charge is 2.20. The summed E-state index contributed by atoms with van der Waals surface area (Å²) < 4.78 is 11.2. The Morgan fingerprint density at radius 1 is 0.950 bits per heavy atom. The van der Waals surface area contributed by atoms with Crippen LogP contribution in [0.2, 0.25) is 0 Å². The molecule has 1 aliphatic rings. The number of hydrogen-bond donors (Lipinski definition) is 1. The van der Waals surface area contributed by atoms with Crippen LogP contribution >= 0.6 is 0 Å². The second-order valence-electron chi connectivity index (χ2n) is 4.91. The molecule has 1 N–H and O–H groups in total. The minimum atomic E-state index is -0.535. The number of rotatable bonds is 4. The predicted octanol–water partition coefficient (Wildman–Crippen LogP) is 3.12. The molecule has 0 aromatic heterocycles. The Bertz CT molecular complexity index is 566. The molecule has 1 heterocycles. The van der Waals surface area contributed by atoms with Gasteiger partial charge >= 0.3 is 0 Å². The highest BCUT2D eigenvalue weighted by Crippen LogP contribution is 2.38. The van der Waals surface area contributed by atoms with E-state index < -0.39 is 6.10 Å². The molecule has 0 radical (unpaired) electrons. The first-order valence-corrected chi connectivity index (χ1v) is 6.95. The van der Waals surface area contributed by atoms with Crippen LogP contribution in [0.5, 0.6) is 11.5 Å². The molecule has 1 atom stereocenters. The van der Waals surface area contributed by atoms with E-state index in [1.54, 1.807) is 0 Å². The van der Waals surface area contributed by atoms with Gasteiger partial charge in [0.15, 0.2) is 11.5 Å². The summed E-state index contributed by atoms with van der Waals surface area (Å²) in [6.07, 6.45) is 0.975. The van der Waals surface area contributed by atoms with Crippen LogP contribution in [-0.2, 0) is 6.42 Å². The third kappa shape index (κ3) is 2.78. The Hall–Kier alpha value is -2.00. The van der Waals surface area contributed by atoms with Crippen molar-refractivity contribution in [1.29, 1.82) is 0 Å². The van der Waals surface area contributed by atoms with E-state index in [1.807, 2.05) is 36.4 Å². The molecule has 0 saturated carbocycles. The van der Waals surface area contributed by atoms with Crippen LogP contribution in [0.15, 0.2) is 48.5 Å². The zero-order valence-electron chi connectivity index (χ0n) is 11.3. The maximum Gasteiger partial charge on any atom is 0.167 e. The van der Waals surface area contributed by atoms with Gasteiger partial charge in [0.05, 0.1) is 6.10 Å². The van der Waals surface area contributed by atoms with E-state index in [9.17, 15) is 5.11 Å². The fraction of sp³-hybridized carbons (Fsp3) is 0.294. The SMILES string of the molecule is OC(CCc1ccccc1)c1cccc2c1OCCO2. The minimum Gasteiger partial charge on any atom is -0.486 e. The minimum absolute atomic E-state index is 0.535. The lowest BCUT2D eigenvalue weighted by Gasteiger charge is -2.23. The summed E-state index contributed by atoms with van der Waals surface area (Å²) in [5, 5.41) is 10.4. The molecule has 3 nitrogen and oxygen atoms in total. The maximum atomic E-state index is 10.4.